The van der Waals surface area contributed by atoms with Crippen LogP contribution in [0.1, 0.15) is 26.7 Å². The Morgan fingerprint density at radius 3 is 2.60 bits per heavy atom. The van der Waals surface area contributed by atoms with Crippen LogP contribution in [-0.4, -0.2) is 12.3 Å². The molecule has 0 saturated carbocycles. The maximum atomic E-state index is 10.3. The number of carbonyl (C=O) groups is 1. The van der Waals surface area contributed by atoms with E-state index < -0.39 is 0 Å². The average molecular weight is 141 g/mol. The van der Waals surface area contributed by atoms with Crippen LogP contribution in [0.5, 0.6) is 0 Å². The molecular weight excluding hydrogens is 126 g/mol. The highest BCUT2D eigenvalue weighted by Crippen LogP contribution is 1.94. The van der Waals surface area contributed by atoms with Gasteiger partial charge in [-0.2, -0.15) is 0 Å². The van der Waals surface area contributed by atoms with Crippen LogP contribution < -0.4 is 5.32 Å². The third-order valence-corrected chi connectivity index (χ3v) is 1.42. The standard InChI is InChI=1S/C8H15NO/c1-4-7(3)9-8(5-2)6-10/h6,8-9H,3-5H2,1-2H3. The lowest BCUT2D eigenvalue weighted by molar-refractivity contribution is -0.109. The first-order valence-corrected chi connectivity index (χ1v) is 3.64. The maximum Gasteiger partial charge on any atom is 0.142 e. The lowest BCUT2D eigenvalue weighted by Crippen LogP contribution is -2.28. The van der Waals surface area contributed by atoms with Crippen LogP contribution in [0.3, 0.4) is 0 Å². The largest absolute Gasteiger partial charge is 0.379 e. The van der Waals surface area contributed by atoms with Crippen molar-refractivity contribution < 1.29 is 4.79 Å². The Kier molecular flexibility index (Phi) is 4.63. The Bertz CT molecular complexity index is 120. The van der Waals surface area contributed by atoms with Gasteiger partial charge in [-0.1, -0.05) is 20.4 Å². The quantitative estimate of drug-likeness (QED) is 0.587. The lowest BCUT2D eigenvalue weighted by atomic mass is 10.2. The fraction of sp³-hybridized carbons (Fsp3) is 0.625. The molecule has 1 atom stereocenters. The first kappa shape index (κ1) is 9.21. The second-order valence-corrected chi connectivity index (χ2v) is 2.25. The summed E-state index contributed by atoms with van der Waals surface area (Å²) in [5.41, 5.74) is 0.930. The van der Waals surface area contributed by atoms with Crippen LogP contribution >= 0.6 is 0 Å². The predicted molar refractivity (Wildman–Crippen MR) is 42.7 cm³/mol. The van der Waals surface area contributed by atoms with Gasteiger partial charge in [-0.25, -0.2) is 0 Å². The van der Waals surface area contributed by atoms with Crippen molar-refractivity contribution in [1.82, 2.24) is 5.32 Å². The summed E-state index contributed by atoms with van der Waals surface area (Å²) in [4.78, 5) is 10.3. The maximum absolute atomic E-state index is 10.3. The van der Waals surface area contributed by atoms with Gasteiger partial charge in [0.05, 0.1) is 6.04 Å². The topological polar surface area (TPSA) is 29.1 Å². The van der Waals surface area contributed by atoms with E-state index in [1.165, 1.54) is 0 Å². The number of hydrogen-bond acceptors (Lipinski definition) is 2. The normalized spacial score (nSPS) is 12.2. The molecule has 1 unspecified atom stereocenters. The minimum Gasteiger partial charge on any atom is -0.379 e. The predicted octanol–water partition coefficient (Wildman–Crippen LogP) is 1.48. The zero-order valence-corrected chi connectivity index (χ0v) is 6.68. The summed E-state index contributed by atoms with van der Waals surface area (Å²) in [6.07, 6.45) is 2.62. The highest BCUT2D eigenvalue weighted by molar-refractivity contribution is 5.57. The van der Waals surface area contributed by atoms with Crippen molar-refractivity contribution in [2.75, 3.05) is 0 Å². The first-order chi connectivity index (χ1) is 4.74. The molecule has 0 aromatic heterocycles. The van der Waals surface area contributed by atoms with E-state index in [-0.39, 0.29) is 6.04 Å². The molecule has 0 aliphatic heterocycles. The third kappa shape index (κ3) is 3.28. The molecule has 2 nitrogen and oxygen atoms in total. The van der Waals surface area contributed by atoms with E-state index in [0.29, 0.717) is 0 Å². The van der Waals surface area contributed by atoms with E-state index in [9.17, 15) is 4.79 Å². The fourth-order valence-electron chi connectivity index (χ4n) is 0.597. The minimum absolute atomic E-state index is 0.0487. The van der Waals surface area contributed by atoms with Gasteiger partial charge < -0.3 is 10.1 Å². The molecule has 58 valence electrons. The third-order valence-electron chi connectivity index (χ3n) is 1.42. The molecule has 0 aromatic carbocycles. The number of carbonyl (C=O) groups excluding carboxylic acids is 1. The summed E-state index contributed by atoms with van der Waals surface area (Å²) in [6, 6.07) is -0.0487. The molecule has 0 heterocycles. The molecule has 0 aromatic rings. The van der Waals surface area contributed by atoms with Gasteiger partial charge in [-0.15, -0.1) is 0 Å². The van der Waals surface area contributed by atoms with E-state index in [0.717, 1.165) is 24.8 Å². The summed E-state index contributed by atoms with van der Waals surface area (Å²) < 4.78 is 0. The smallest absolute Gasteiger partial charge is 0.142 e. The number of allylic oxidation sites excluding steroid dienone is 1. The van der Waals surface area contributed by atoms with Crippen molar-refractivity contribution in [3.63, 3.8) is 0 Å². The number of hydrogen-bond donors (Lipinski definition) is 1. The molecule has 2 heteroatoms. The molecule has 0 bridgehead atoms. The van der Waals surface area contributed by atoms with Gasteiger partial charge in [0, 0.05) is 5.70 Å². The summed E-state index contributed by atoms with van der Waals surface area (Å²) in [5.74, 6) is 0. The summed E-state index contributed by atoms with van der Waals surface area (Å²) in [6.45, 7) is 7.71. The number of rotatable bonds is 5. The van der Waals surface area contributed by atoms with E-state index in [4.69, 9.17) is 0 Å². The molecule has 0 spiro atoms. The van der Waals surface area contributed by atoms with Crippen molar-refractivity contribution >= 4 is 6.29 Å². The van der Waals surface area contributed by atoms with Crippen LogP contribution in [0.15, 0.2) is 12.3 Å². The second-order valence-electron chi connectivity index (χ2n) is 2.25. The fourth-order valence-corrected chi connectivity index (χ4v) is 0.597. The van der Waals surface area contributed by atoms with E-state index in [1.807, 2.05) is 13.8 Å². The molecule has 0 saturated heterocycles. The summed E-state index contributed by atoms with van der Waals surface area (Å²) in [7, 11) is 0. The van der Waals surface area contributed by atoms with Gasteiger partial charge in [0.15, 0.2) is 0 Å². The molecule has 0 amide bonds. The molecular formula is C8H15NO. The Morgan fingerprint density at radius 2 is 2.30 bits per heavy atom. The van der Waals surface area contributed by atoms with Crippen molar-refractivity contribution in [3.8, 4) is 0 Å². The highest BCUT2D eigenvalue weighted by atomic mass is 16.1. The molecule has 0 aliphatic carbocycles. The lowest BCUT2D eigenvalue weighted by Gasteiger charge is -2.11. The van der Waals surface area contributed by atoms with Gasteiger partial charge in [-0.05, 0) is 12.8 Å². The van der Waals surface area contributed by atoms with Crippen LogP contribution in [0.2, 0.25) is 0 Å². The molecule has 1 N–H and O–H groups in total. The second kappa shape index (κ2) is 5.03. The van der Waals surface area contributed by atoms with Gasteiger partial charge in [0.2, 0.25) is 0 Å². The van der Waals surface area contributed by atoms with E-state index in [2.05, 4.69) is 11.9 Å². The molecule has 0 fully saturated rings. The highest BCUT2D eigenvalue weighted by Gasteiger charge is 2.01. The Hall–Kier alpha value is -0.790. The van der Waals surface area contributed by atoms with Crippen molar-refractivity contribution in [2.45, 2.75) is 32.7 Å². The van der Waals surface area contributed by atoms with Crippen LogP contribution in [-0.2, 0) is 4.79 Å². The Balaban J connectivity index is 3.62. The van der Waals surface area contributed by atoms with Crippen LogP contribution in [0.4, 0.5) is 0 Å². The van der Waals surface area contributed by atoms with E-state index >= 15 is 0 Å². The van der Waals surface area contributed by atoms with Crippen molar-refractivity contribution in [1.29, 1.82) is 0 Å². The first-order valence-electron chi connectivity index (χ1n) is 3.64. The van der Waals surface area contributed by atoms with Gasteiger partial charge in [0.25, 0.3) is 0 Å². The molecule has 0 radical (unpaired) electrons. The van der Waals surface area contributed by atoms with Gasteiger partial charge >= 0.3 is 0 Å². The van der Waals surface area contributed by atoms with Crippen molar-refractivity contribution in [2.24, 2.45) is 0 Å². The average Bonchev–Trinajstić information content (AvgIpc) is 1.99. The Morgan fingerprint density at radius 1 is 1.70 bits per heavy atom. The number of aldehydes is 1. The molecule has 0 rings (SSSR count). The zero-order chi connectivity index (χ0) is 7.98. The van der Waals surface area contributed by atoms with Crippen LogP contribution in [0.25, 0.3) is 0 Å². The van der Waals surface area contributed by atoms with Gasteiger partial charge in [0.1, 0.15) is 6.29 Å². The minimum atomic E-state index is -0.0487. The SMILES string of the molecule is C=C(CC)NC(C=O)CC. The molecule has 10 heavy (non-hydrogen) atoms. The number of nitrogens with one attached hydrogen (secondary N) is 1. The zero-order valence-electron chi connectivity index (χ0n) is 6.68. The monoisotopic (exact) mass is 141 g/mol. The van der Waals surface area contributed by atoms with E-state index in [1.54, 1.807) is 0 Å². The van der Waals surface area contributed by atoms with Gasteiger partial charge in [-0.3, -0.25) is 0 Å². The van der Waals surface area contributed by atoms with Crippen LogP contribution in [0, 0.1) is 0 Å². The Labute approximate surface area is 62.3 Å². The van der Waals surface area contributed by atoms with Crippen molar-refractivity contribution in [3.05, 3.63) is 12.3 Å². The summed E-state index contributed by atoms with van der Waals surface area (Å²) >= 11 is 0. The molecule has 0 aliphatic rings. The summed E-state index contributed by atoms with van der Waals surface area (Å²) in [5, 5.41) is 3.00.